The van der Waals surface area contributed by atoms with E-state index < -0.39 is 0 Å². The van der Waals surface area contributed by atoms with E-state index in [0.29, 0.717) is 5.92 Å². The third-order valence-corrected chi connectivity index (χ3v) is 4.46. The number of carbonyl (C=O) groups is 1. The maximum Gasteiger partial charge on any atom is 0.224 e. The van der Waals surface area contributed by atoms with Crippen molar-refractivity contribution in [3.05, 3.63) is 64.4 Å². The van der Waals surface area contributed by atoms with Gasteiger partial charge in [-0.15, -0.1) is 0 Å². The van der Waals surface area contributed by atoms with Gasteiger partial charge in [-0.25, -0.2) is 0 Å². The maximum atomic E-state index is 12.3. The SMILES string of the molecule is C[C@H](NC(=O)[C@@H]1C[C@H]1c1cccc(Br)c1)c1ccncc1. The van der Waals surface area contributed by atoms with Crippen molar-refractivity contribution in [2.75, 3.05) is 0 Å². The van der Waals surface area contributed by atoms with E-state index in [1.165, 1.54) is 5.56 Å². The predicted molar refractivity (Wildman–Crippen MR) is 85.8 cm³/mol. The van der Waals surface area contributed by atoms with E-state index in [9.17, 15) is 4.79 Å². The number of halogens is 1. The molecule has 1 heterocycles. The Morgan fingerprint density at radius 3 is 2.81 bits per heavy atom. The summed E-state index contributed by atoms with van der Waals surface area (Å²) in [7, 11) is 0. The van der Waals surface area contributed by atoms with Crippen LogP contribution in [0, 0.1) is 5.92 Å². The van der Waals surface area contributed by atoms with Crippen LogP contribution in [0.5, 0.6) is 0 Å². The van der Waals surface area contributed by atoms with Crippen LogP contribution in [-0.2, 0) is 4.79 Å². The molecule has 1 amide bonds. The van der Waals surface area contributed by atoms with Crippen molar-refractivity contribution >= 4 is 21.8 Å². The van der Waals surface area contributed by atoms with Gasteiger partial charge >= 0.3 is 0 Å². The summed E-state index contributed by atoms with van der Waals surface area (Å²) in [5.74, 6) is 0.597. The minimum absolute atomic E-state index is 0.0178. The molecule has 0 radical (unpaired) electrons. The predicted octanol–water partition coefficient (Wildman–Crippen LogP) is 3.83. The Bertz CT molecular complexity index is 644. The summed E-state index contributed by atoms with van der Waals surface area (Å²) in [4.78, 5) is 16.3. The van der Waals surface area contributed by atoms with Gasteiger partial charge in [-0.05, 0) is 54.7 Å². The average Bonchev–Trinajstić information content (AvgIpc) is 3.29. The lowest BCUT2D eigenvalue weighted by atomic mass is 10.1. The Balaban J connectivity index is 1.61. The number of rotatable bonds is 4. The summed E-state index contributed by atoms with van der Waals surface area (Å²) in [6, 6.07) is 12.1. The van der Waals surface area contributed by atoms with Crippen molar-refractivity contribution in [2.45, 2.75) is 25.3 Å². The maximum absolute atomic E-state index is 12.3. The highest BCUT2D eigenvalue weighted by atomic mass is 79.9. The number of hydrogen-bond donors (Lipinski definition) is 1. The molecule has 1 fully saturated rings. The third-order valence-electron chi connectivity index (χ3n) is 3.97. The molecular weight excluding hydrogens is 328 g/mol. The lowest BCUT2D eigenvalue weighted by molar-refractivity contribution is -0.123. The summed E-state index contributed by atoms with van der Waals surface area (Å²) in [5, 5.41) is 3.09. The van der Waals surface area contributed by atoms with Crippen LogP contribution in [0.1, 0.15) is 36.4 Å². The highest BCUT2D eigenvalue weighted by molar-refractivity contribution is 9.10. The molecule has 4 heteroatoms. The molecule has 2 aromatic rings. The highest BCUT2D eigenvalue weighted by Gasteiger charge is 2.44. The van der Waals surface area contributed by atoms with Crippen LogP contribution in [0.2, 0.25) is 0 Å². The van der Waals surface area contributed by atoms with E-state index in [1.807, 2.05) is 31.2 Å². The first kappa shape index (κ1) is 14.3. The van der Waals surface area contributed by atoms with Crippen molar-refractivity contribution in [2.24, 2.45) is 5.92 Å². The van der Waals surface area contributed by atoms with Crippen LogP contribution < -0.4 is 5.32 Å². The zero-order chi connectivity index (χ0) is 14.8. The lowest BCUT2D eigenvalue weighted by Crippen LogP contribution is -2.28. The number of carbonyl (C=O) groups excluding carboxylic acids is 1. The quantitative estimate of drug-likeness (QED) is 0.915. The van der Waals surface area contributed by atoms with Gasteiger partial charge in [0.15, 0.2) is 0 Å². The zero-order valence-electron chi connectivity index (χ0n) is 11.8. The van der Waals surface area contributed by atoms with Gasteiger partial charge in [-0.3, -0.25) is 9.78 Å². The molecule has 0 saturated heterocycles. The Labute approximate surface area is 132 Å². The normalized spacial score (nSPS) is 21.6. The number of hydrogen-bond acceptors (Lipinski definition) is 2. The molecule has 0 spiro atoms. The standard InChI is InChI=1S/C17H17BrN2O/c1-11(12-5-7-19-8-6-12)20-17(21)16-10-15(16)13-3-2-4-14(18)9-13/h2-9,11,15-16H,10H2,1H3,(H,20,21)/t11-,15-,16+/m0/s1. The van der Waals surface area contributed by atoms with Crippen molar-refractivity contribution in [1.29, 1.82) is 0 Å². The van der Waals surface area contributed by atoms with Crippen LogP contribution in [0.4, 0.5) is 0 Å². The third kappa shape index (κ3) is 3.32. The molecule has 1 aromatic heterocycles. The van der Waals surface area contributed by atoms with Crippen LogP contribution >= 0.6 is 15.9 Å². The summed E-state index contributed by atoms with van der Waals surface area (Å²) in [5.41, 5.74) is 2.32. The van der Waals surface area contributed by atoms with Crippen molar-refractivity contribution in [3.8, 4) is 0 Å². The Morgan fingerprint density at radius 2 is 2.10 bits per heavy atom. The second-order valence-electron chi connectivity index (χ2n) is 5.51. The molecule has 1 aliphatic rings. The number of pyridine rings is 1. The monoisotopic (exact) mass is 344 g/mol. The van der Waals surface area contributed by atoms with Gasteiger partial charge in [0.2, 0.25) is 5.91 Å². The molecular formula is C17H17BrN2O. The molecule has 0 unspecified atom stereocenters. The van der Waals surface area contributed by atoms with Gasteiger partial charge in [-0.2, -0.15) is 0 Å². The number of benzene rings is 1. The van der Waals surface area contributed by atoms with Gasteiger partial charge in [0.1, 0.15) is 0 Å². The molecule has 0 bridgehead atoms. The molecule has 3 atom stereocenters. The summed E-state index contributed by atoms with van der Waals surface area (Å²) >= 11 is 3.48. The molecule has 1 saturated carbocycles. The lowest BCUT2D eigenvalue weighted by Gasteiger charge is -2.14. The Kier molecular flexibility index (Phi) is 4.06. The molecule has 1 aliphatic carbocycles. The fourth-order valence-electron chi connectivity index (χ4n) is 2.65. The summed E-state index contributed by atoms with van der Waals surface area (Å²) in [6.45, 7) is 2.00. The summed E-state index contributed by atoms with van der Waals surface area (Å²) in [6.07, 6.45) is 4.43. The smallest absolute Gasteiger partial charge is 0.224 e. The largest absolute Gasteiger partial charge is 0.349 e. The minimum atomic E-state index is 0.0178. The molecule has 21 heavy (non-hydrogen) atoms. The van der Waals surface area contributed by atoms with Gasteiger partial charge in [-0.1, -0.05) is 28.1 Å². The van der Waals surface area contributed by atoms with Crippen molar-refractivity contribution in [3.63, 3.8) is 0 Å². The van der Waals surface area contributed by atoms with Gasteiger partial charge in [0.05, 0.1) is 6.04 Å². The number of nitrogens with zero attached hydrogens (tertiary/aromatic N) is 1. The van der Waals surface area contributed by atoms with E-state index in [0.717, 1.165) is 16.5 Å². The van der Waals surface area contributed by atoms with Gasteiger partial charge < -0.3 is 5.32 Å². The first-order valence-corrected chi connectivity index (χ1v) is 7.90. The number of amides is 1. The topological polar surface area (TPSA) is 42.0 Å². The molecule has 3 nitrogen and oxygen atoms in total. The Hall–Kier alpha value is -1.68. The Morgan fingerprint density at radius 1 is 1.33 bits per heavy atom. The van der Waals surface area contributed by atoms with E-state index in [1.54, 1.807) is 12.4 Å². The number of nitrogens with one attached hydrogen (secondary N) is 1. The highest BCUT2D eigenvalue weighted by Crippen LogP contribution is 2.48. The van der Waals surface area contributed by atoms with Crippen LogP contribution in [-0.4, -0.2) is 10.9 Å². The second kappa shape index (κ2) is 5.98. The van der Waals surface area contributed by atoms with Crippen LogP contribution in [0.25, 0.3) is 0 Å². The fraction of sp³-hybridized carbons (Fsp3) is 0.294. The molecule has 108 valence electrons. The molecule has 1 aromatic carbocycles. The molecule has 3 rings (SSSR count). The van der Waals surface area contributed by atoms with E-state index in [4.69, 9.17) is 0 Å². The summed E-state index contributed by atoms with van der Waals surface area (Å²) < 4.78 is 1.07. The first-order valence-electron chi connectivity index (χ1n) is 7.11. The zero-order valence-corrected chi connectivity index (χ0v) is 13.4. The average molecular weight is 345 g/mol. The molecule has 0 aliphatic heterocycles. The fourth-order valence-corrected chi connectivity index (χ4v) is 3.06. The van der Waals surface area contributed by atoms with Crippen molar-refractivity contribution < 1.29 is 4.79 Å². The van der Waals surface area contributed by atoms with E-state index in [-0.39, 0.29) is 17.9 Å². The van der Waals surface area contributed by atoms with Gasteiger partial charge in [0.25, 0.3) is 0 Å². The van der Waals surface area contributed by atoms with Crippen LogP contribution in [0.15, 0.2) is 53.3 Å². The first-order chi connectivity index (χ1) is 10.1. The van der Waals surface area contributed by atoms with Gasteiger partial charge in [0, 0.05) is 22.8 Å². The van der Waals surface area contributed by atoms with E-state index in [2.05, 4.69) is 38.4 Å². The van der Waals surface area contributed by atoms with Crippen molar-refractivity contribution in [1.82, 2.24) is 10.3 Å². The minimum Gasteiger partial charge on any atom is -0.349 e. The number of aromatic nitrogens is 1. The van der Waals surface area contributed by atoms with Crippen LogP contribution in [0.3, 0.4) is 0 Å². The van der Waals surface area contributed by atoms with E-state index >= 15 is 0 Å². The molecule has 1 N–H and O–H groups in total. The second-order valence-corrected chi connectivity index (χ2v) is 6.43.